The average molecular weight is 657 g/mol. The number of nitrogens with one attached hydrogen (secondary N) is 1. The van der Waals surface area contributed by atoms with Crippen molar-refractivity contribution < 1.29 is 39.6 Å². The van der Waals surface area contributed by atoms with Crippen LogP contribution in [0.5, 0.6) is 5.75 Å². The number of Topliss-reactive ketones (excluding diaryl/α,β-unsaturated/α-hetero) is 2. The molecule has 8 atom stereocenters. The van der Waals surface area contributed by atoms with Crippen molar-refractivity contribution in [3.63, 3.8) is 0 Å². The zero-order chi connectivity index (χ0) is 34.9. The molecular formula is C38H44N2O8. The van der Waals surface area contributed by atoms with Crippen molar-refractivity contribution in [2.75, 3.05) is 6.54 Å². The third-order valence-corrected chi connectivity index (χ3v) is 11.6. The van der Waals surface area contributed by atoms with Crippen LogP contribution in [-0.4, -0.2) is 68.0 Å². The first-order valence-electron chi connectivity index (χ1n) is 16.6. The lowest BCUT2D eigenvalue weighted by Crippen LogP contribution is -2.79. The molecule has 2 fully saturated rings. The van der Waals surface area contributed by atoms with E-state index in [-0.39, 0.29) is 35.9 Å². The number of rotatable bonds is 7. The molecule has 10 nitrogen and oxygen atoms in total. The van der Waals surface area contributed by atoms with Crippen molar-refractivity contribution in [2.45, 2.75) is 71.3 Å². The van der Waals surface area contributed by atoms with Crippen LogP contribution in [0.1, 0.15) is 62.0 Å². The zero-order valence-corrected chi connectivity index (χ0v) is 27.7. The first-order valence-corrected chi connectivity index (χ1v) is 16.6. The molecule has 0 heterocycles. The quantitative estimate of drug-likeness (QED) is 0.244. The van der Waals surface area contributed by atoms with Crippen molar-refractivity contribution in [1.29, 1.82) is 0 Å². The van der Waals surface area contributed by atoms with E-state index in [0.29, 0.717) is 25.1 Å². The predicted molar refractivity (Wildman–Crippen MR) is 177 cm³/mol. The van der Waals surface area contributed by atoms with Gasteiger partial charge in [0, 0.05) is 24.9 Å². The molecule has 0 aliphatic heterocycles. The molecule has 0 bridgehead atoms. The number of phenols is 1. The number of phenolic OH excluding ortho intramolecular Hbond substituents is 1. The highest BCUT2D eigenvalue weighted by atomic mass is 16.4. The molecule has 0 saturated heterocycles. The van der Waals surface area contributed by atoms with Crippen LogP contribution in [0, 0.1) is 34.5 Å². The van der Waals surface area contributed by atoms with E-state index in [2.05, 4.69) is 5.32 Å². The lowest BCUT2D eigenvalue weighted by atomic mass is 9.39. The lowest BCUT2D eigenvalue weighted by molar-refractivity contribution is -0.265. The molecule has 1 amide bonds. The summed E-state index contributed by atoms with van der Waals surface area (Å²) in [6.45, 7) is 8.25. The maximum atomic E-state index is 14.4. The Morgan fingerprint density at radius 3 is 2.35 bits per heavy atom. The molecule has 254 valence electrons. The highest BCUT2D eigenvalue weighted by Gasteiger charge is 2.75. The molecule has 10 heteroatoms. The number of carbonyl (C=O) groups is 4. The minimum atomic E-state index is -2.55. The van der Waals surface area contributed by atoms with E-state index in [4.69, 9.17) is 5.73 Å². The zero-order valence-electron chi connectivity index (χ0n) is 27.7. The Morgan fingerprint density at radius 2 is 1.73 bits per heavy atom. The summed E-state index contributed by atoms with van der Waals surface area (Å²) in [5, 5.41) is 50.0. The second kappa shape index (κ2) is 11.9. The number of ketones is 3. The molecule has 2 aromatic rings. The number of aromatic hydroxyl groups is 1. The van der Waals surface area contributed by atoms with Gasteiger partial charge < -0.3 is 31.5 Å². The Hall–Kier alpha value is -3.96. The number of hydrogen-bond donors (Lipinski definition) is 6. The highest BCUT2D eigenvalue weighted by molar-refractivity contribution is 6.09. The third kappa shape index (κ3) is 5.00. The molecule has 0 radical (unpaired) electrons. The van der Waals surface area contributed by atoms with Crippen LogP contribution in [0.25, 0.3) is 11.1 Å². The Kier molecular flexibility index (Phi) is 8.39. The number of carbonyl (C=O) groups excluding carboxylic acids is 4. The summed E-state index contributed by atoms with van der Waals surface area (Å²) >= 11 is 0. The number of nitrogens with two attached hydrogens (primary N) is 1. The first-order chi connectivity index (χ1) is 22.5. The van der Waals surface area contributed by atoms with E-state index in [9.17, 15) is 39.6 Å². The smallest absolute Gasteiger partial charge is 0.230 e. The Bertz CT molecular complexity index is 1760. The number of aliphatic hydroxyl groups is 3. The second-order valence-electron chi connectivity index (χ2n) is 15.1. The summed E-state index contributed by atoms with van der Waals surface area (Å²) < 4.78 is 0. The van der Waals surface area contributed by atoms with Crippen LogP contribution >= 0.6 is 0 Å². The molecule has 6 rings (SSSR count). The number of primary amides is 1. The summed E-state index contributed by atoms with van der Waals surface area (Å²) in [7, 11) is 0. The second-order valence-corrected chi connectivity index (χ2v) is 15.1. The summed E-state index contributed by atoms with van der Waals surface area (Å²) in [5.74, 6) is -7.11. The summed E-state index contributed by atoms with van der Waals surface area (Å²) in [6, 6.07) is 11.0. The maximum absolute atomic E-state index is 14.4. The van der Waals surface area contributed by atoms with Crippen LogP contribution in [0.3, 0.4) is 0 Å². The van der Waals surface area contributed by atoms with Gasteiger partial charge in [-0.05, 0) is 70.1 Å². The number of allylic oxidation sites excluding steroid dienone is 2. The van der Waals surface area contributed by atoms with Crippen molar-refractivity contribution in [1.82, 2.24) is 5.32 Å². The molecule has 4 aliphatic rings. The average Bonchev–Trinajstić information content (AvgIpc) is 2.99. The normalized spacial score (nSPS) is 34.4. The monoisotopic (exact) mass is 656 g/mol. The van der Waals surface area contributed by atoms with Crippen molar-refractivity contribution in [2.24, 2.45) is 40.2 Å². The van der Waals surface area contributed by atoms with E-state index < -0.39 is 63.9 Å². The molecule has 0 aromatic heterocycles. The van der Waals surface area contributed by atoms with Gasteiger partial charge in [0.25, 0.3) is 0 Å². The van der Waals surface area contributed by atoms with Gasteiger partial charge in [-0.25, -0.2) is 0 Å². The van der Waals surface area contributed by atoms with E-state index in [1.807, 2.05) is 57.2 Å². The summed E-state index contributed by atoms with van der Waals surface area (Å²) in [6.07, 6.45) is 2.80. The number of fused-ring (bicyclic) bond motifs is 3. The van der Waals surface area contributed by atoms with E-state index in [1.54, 1.807) is 19.1 Å². The van der Waals surface area contributed by atoms with Gasteiger partial charge in [-0.1, -0.05) is 70.2 Å². The molecule has 2 aromatic carbocycles. The van der Waals surface area contributed by atoms with Gasteiger partial charge in [-0.2, -0.15) is 0 Å². The van der Waals surface area contributed by atoms with Crippen molar-refractivity contribution in [3.8, 4) is 16.9 Å². The van der Waals surface area contributed by atoms with Crippen LogP contribution in [0.2, 0.25) is 0 Å². The number of aliphatic hydroxyl groups excluding tert-OH is 2. The maximum Gasteiger partial charge on any atom is 0.230 e. The van der Waals surface area contributed by atoms with Crippen LogP contribution < -0.4 is 11.1 Å². The molecule has 4 aliphatic carbocycles. The minimum absolute atomic E-state index is 0.0329. The molecule has 2 unspecified atom stereocenters. The van der Waals surface area contributed by atoms with Gasteiger partial charge in [-0.3, -0.25) is 19.2 Å². The van der Waals surface area contributed by atoms with Crippen molar-refractivity contribution >= 4 is 23.3 Å². The van der Waals surface area contributed by atoms with Crippen LogP contribution in [0.4, 0.5) is 0 Å². The Balaban J connectivity index is 1.36. The molecule has 48 heavy (non-hydrogen) atoms. The largest absolute Gasteiger partial charge is 0.507 e. The van der Waals surface area contributed by atoms with Crippen LogP contribution in [-0.2, 0) is 27.3 Å². The topological polar surface area (TPSA) is 187 Å². The minimum Gasteiger partial charge on any atom is -0.507 e. The number of amides is 1. The number of benzene rings is 2. The SMILES string of the molecule is CC(C)[C@H]1C(O)[C@@H](C(N)=O)C(=O)[C@]2(O)C(O)[C@H]3C(=O)c4c(O)ccc(-c5ccc(CNCC6=CC(=O)CC=C6)cc5)c4C[C@]3(C)C[C@]12C. The Morgan fingerprint density at radius 1 is 1.04 bits per heavy atom. The fraction of sp³-hybridized carbons (Fsp3) is 0.474. The van der Waals surface area contributed by atoms with Gasteiger partial charge in [0.15, 0.2) is 23.0 Å². The van der Waals surface area contributed by atoms with Gasteiger partial charge in [0.05, 0.1) is 17.6 Å². The van der Waals surface area contributed by atoms with Gasteiger partial charge >= 0.3 is 0 Å². The van der Waals surface area contributed by atoms with Gasteiger partial charge in [-0.15, -0.1) is 0 Å². The molecule has 7 N–H and O–H groups in total. The number of hydrogen-bond acceptors (Lipinski definition) is 9. The standard InChI is InChI=1S/C38H44N2O8/c1-19(2)29-32(44)28(35(39)47)33(45)38(48)34(46)30-31(43)27-25(15-36(30,3)18-37(29,38)4)24(12-13-26(27)42)22-10-8-20(9-11-22)16-40-17-21-6-5-7-23(41)14-21/h5-6,8-14,19,28-30,32,34,40,42,44,46,48H,7,15-18H2,1-4H3,(H2,39,47)/t28-,29+,30-,32?,34?,36-,37-,38+/m1/s1. The molecular weight excluding hydrogens is 612 g/mol. The first kappa shape index (κ1) is 33.9. The van der Waals surface area contributed by atoms with Crippen molar-refractivity contribution in [3.05, 3.63) is 76.9 Å². The van der Waals surface area contributed by atoms with Gasteiger partial charge in [0.1, 0.15) is 17.8 Å². The fourth-order valence-corrected chi connectivity index (χ4v) is 9.71. The third-order valence-electron chi connectivity index (χ3n) is 11.6. The molecule has 2 saturated carbocycles. The predicted octanol–water partition coefficient (Wildman–Crippen LogP) is 2.78. The lowest BCUT2D eigenvalue weighted by Gasteiger charge is -2.66. The highest BCUT2D eigenvalue weighted by Crippen LogP contribution is 2.66. The van der Waals surface area contributed by atoms with Gasteiger partial charge in [0.2, 0.25) is 5.91 Å². The summed E-state index contributed by atoms with van der Waals surface area (Å²) in [4.78, 5) is 52.4. The fourth-order valence-electron chi connectivity index (χ4n) is 9.71. The van der Waals surface area contributed by atoms with E-state index in [1.165, 1.54) is 6.07 Å². The summed E-state index contributed by atoms with van der Waals surface area (Å²) in [5.41, 5.74) is 4.72. The van der Waals surface area contributed by atoms with E-state index >= 15 is 0 Å². The van der Waals surface area contributed by atoms with Crippen LogP contribution in [0.15, 0.2) is 60.2 Å². The van der Waals surface area contributed by atoms with E-state index in [0.717, 1.165) is 22.3 Å². The molecule has 0 spiro atoms. The Labute approximate surface area is 279 Å².